The van der Waals surface area contributed by atoms with E-state index in [1.165, 1.54) is 94.2 Å². The molecule has 16 heteroatoms. The van der Waals surface area contributed by atoms with Gasteiger partial charge in [-0.2, -0.15) is 6.20 Å². The minimum Gasteiger partial charge on any atom is -0.687 e. The fraction of sp³-hybridized carbons (Fsp3) is 0.500. The van der Waals surface area contributed by atoms with E-state index in [0.717, 1.165) is 45.8 Å². The van der Waals surface area contributed by atoms with Gasteiger partial charge in [-0.05, 0) is 12.1 Å². The number of rotatable bonds is 4. The first-order valence-corrected chi connectivity index (χ1v) is 16.5. The average molecular weight is 877 g/mol. The average Bonchev–Trinajstić information content (AvgIpc) is 3.15. The molecule has 0 aromatic heterocycles. The molecule has 3 saturated heterocycles. The van der Waals surface area contributed by atoms with Crippen LogP contribution in [0.2, 0.25) is 0 Å². The quantitative estimate of drug-likeness (QED) is 0.157. The van der Waals surface area contributed by atoms with Crippen LogP contribution in [-0.4, -0.2) is 93.9 Å². The number of hydrogen-bond donors (Lipinski definition) is 6. The summed E-state index contributed by atoms with van der Waals surface area (Å²) in [5, 5.41) is 68.6. The van der Waals surface area contributed by atoms with Gasteiger partial charge in [0.1, 0.15) is 0 Å². The summed E-state index contributed by atoms with van der Waals surface area (Å²) in [6.07, 6.45) is 16.5. The van der Waals surface area contributed by atoms with Gasteiger partial charge in [-0.25, -0.2) is 9.59 Å². The van der Waals surface area contributed by atoms with E-state index in [2.05, 4.69) is 21.3 Å². The van der Waals surface area contributed by atoms with Crippen LogP contribution in [0.25, 0.3) is 21.3 Å². The molecule has 52 heavy (non-hydrogen) atoms. The molecule has 0 unspecified atom stereocenters. The molecule has 0 spiro atoms. The number of carbonyl (C=O) groups is 2. The Balaban J connectivity index is -0.000000269. The second-order valence-corrected chi connectivity index (χ2v) is 10.9. The molecule has 13 nitrogen and oxygen atoms in total. The largest absolute Gasteiger partial charge is 2.00 e. The third-order valence-electron chi connectivity index (χ3n) is 6.99. The number of hydrogen-bond acceptors (Lipinski definition) is 6. The molecular weight excluding hydrogens is 823 g/mol. The summed E-state index contributed by atoms with van der Waals surface area (Å²) in [6.45, 7) is 7.61. The smallest absolute Gasteiger partial charge is 0.687 e. The molecule has 3 radical (unpaired) electrons. The molecule has 2 aromatic carbocycles. The van der Waals surface area contributed by atoms with Crippen molar-refractivity contribution in [2.75, 3.05) is 45.8 Å². The minimum absolute atomic E-state index is 0. The number of aromatic carboxylic acids is 2. The summed E-state index contributed by atoms with van der Waals surface area (Å²) in [5.74, 6) is -2.34. The molecule has 0 atom stereocenters. The molecule has 4 aliphatic heterocycles. The maximum absolute atomic E-state index is 10.5. The van der Waals surface area contributed by atoms with E-state index in [1.807, 2.05) is 18.2 Å². The van der Waals surface area contributed by atoms with Crippen LogP contribution in [0.4, 0.5) is 0 Å². The van der Waals surface area contributed by atoms with E-state index in [0.29, 0.717) is 0 Å². The molecule has 3 fully saturated rings. The van der Waals surface area contributed by atoms with Gasteiger partial charge in [-0.15, -0.1) is 51.9 Å². The zero-order valence-electron chi connectivity index (χ0n) is 29.1. The van der Waals surface area contributed by atoms with Gasteiger partial charge >= 0.3 is 46.1 Å². The van der Waals surface area contributed by atoms with Crippen molar-refractivity contribution in [3.05, 3.63) is 116 Å². The molecule has 6 rings (SSSR count). The fourth-order valence-electron chi connectivity index (χ4n) is 4.41. The number of aliphatic hydroxyl groups excluding tert-OH is 2. The van der Waals surface area contributed by atoms with E-state index in [9.17, 15) is 9.59 Å². The zero-order valence-corrected chi connectivity index (χ0v) is 31.9. The van der Waals surface area contributed by atoms with Crippen molar-refractivity contribution >= 4 is 11.9 Å². The van der Waals surface area contributed by atoms with Crippen LogP contribution in [0.5, 0.6) is 0 Å². The Hall–Kier alpha value is -2.10. The van der Waals surface area contributed by atoms with Gasteiger partial charge < -0.3 is 57.4 Å². The molecule has 0 bridgehead atoms. The van der Waals surface area contributed by atoms with Crippen LogP contribution >= 0.6 is 0 Å². The third kappa shape index (κ3) is 29.4. The van der Waals surface area contributed by atoms with E-state index in [4.69, 9.17) is 30.6 Å². The van der Waals surface area contributed by atoms with Crippen LogP contribution in [0, 0.1) is 0 Å². The second-order valence-electron chi connectivity index (χ2n) is 10.9. The van der Waals surface area contributed by atoms with E-state index in [1.54, 1.807) is 18.3 Å². The number of carboxylic acids is 2. The normalized spacial score (nSPS) is 15.0. The monoisotopic (exact) mass is 875 g/mol. The Morgan fingerprint density at radius 1 is 0.538 bits per heavy atom. The minimum atomic E-state index is -1.74. The summed E-state index contributed by atoms with van der Waals surface area (Å²) >= 11 is 0. The van der Waals surface area contributed by atoms with Crippen molar-refractivity contribution in [1.29, 1.82) is 0 Å². The molecule has 305 valence electrons. The number of piperidine rings is 3. The van der Waals surface area contributed by atoms with E-state index in [-0.39, 0.29) is 78.9 Å². The third-order valence-corrected chi connectivity index (χ3v) is 6.99. The van der Waals surface area contributed by atoms with Gasteiger partial charge in [0.2, 0.25) is 0 Å². The fourth-order valence-corrected chi connectivity index (χ4v) is 4.41. The van der Waals surface area contributed by atoms with Crippen molar-refractivity contribution in [2.24, 2.45) is 0 Å². The van der Waals surface area contributed by atoms with E-state index < -0.39 is 24.5 Å². The molecule has 8 N–H and O–H groups in total. The summed E-state index contributed by atoms with van der Waals surface area (Å²) in [4.78, 5) is 21.0. The first-order valence-electron chi connectivity index (χ1n) is 16.5. The Kier molecular flexibility index (Phi) is 42.1. The van der Waals surface area contributed by atoms with Gasteiger partial charge in [0.05, 0.1) is 11.1 Å². The molecule has 0 amide bonds. The second kappa shape index (κ2) is 38.6. The molecule has 0 aliphatic carbocycles. The van der Waals surface area contributed by atoms with Gasteiger partial charge in [0.25, 0.3) is 0 Å². The summed E-state index contributed by atoms with van der Waals surface area (Å²) < 4.78 is 0. The number of benzene rings is 2. The van der Waals surface area contributed by atoms with Crippen molar-refractivity contribution in [2.45, 2.75) is 70.4 Å². The standard InChI is InChI=1S/2C8H8O4.3C5H10N.C5H6N.3Cu.H2O/c2*9-7(10)5-3-1-2-4-6(5)8(11)12;4*1-2-4-6-5-3-1;;;;/h2*1-4,7,9-10H,(H,11,12);3*1-5H2;1-4H,5H2;;;;1H2/q;;4*-1;;2*+2;. The number of allylic oxidation sites excluding steroid dienone is 2. The van der Waals surface area contributed by atoms with Gasteiger partial charge in [-0.1, -0.05) is 106 Å². The topological polar surface area (TPSA) is 243 Å². The van der Waals surface area contributed by atoms with Crippen LogP contribution < -0.4 is 0 Å². The van der Waals surface area contributed by atoms with Crippen LogP contribution in [-0.2, 0) is 51.2 Å². The summed E-state index contributed by atoms with van der Waals surface area (Å²) in [5.41, 5.74) is -0.171. The van der Waals surface area contributed by atoms with Gasteiger partial charge in [0.15, 0.2) is 12.6 Å². The first kappa shape index (κ1) is 56.6. The number of nitrogens with zero attached hydrogens (tertiary/aromatic N) is 4. The summed E-state index contributed by atoms with van der Waals surface area (Å²) in [6, 6.07) is 11.5. The van der Waals surface area contributed by atoms with Crippen LogP contribution in [0.15, 0.2) is 73.0 Å². The van der Waals surface area contributed by atoms with Crippen molar-refractivity contribution in [3.8, 4) is 0 Å². The predicted molar refractivity (Wildman–Crippen MR) is 192 cm³/mol. The molecule has 4 heterocycles. The van der Waals surface area contributed by atoms with Crippen molar-refractivity contribution in [1.82, 2.24) is 0 Å². The molecule has 4 aliphatic rings. The number of carboxylic acid groups (broad SMARTS) is 2. The van der Waals surface area contributed by atoms with Crippen molar-refractivity contribution < 1.29 is 96.9 Å². The predicted octanol–water partition coefficient (Wildman–Crippen LogP) is 5.98. The Labute approximate surface area is 339 Å². The molecule has 2 aromatic rings. The molecule has 0 saturated carbocycles. The maximum atomic E-state index is 10.5. The van der Waals surface area contributed by atoms with Crippen LogP contribution in [0.3, 0.4) is 0 Å². The number of aliphatic hydroxyl groups is 4. The SMILES string of the molecule is C1=CC[N-]C=C1.C1CC[N-]CC1.C1CC[N-]CC1.C1CC[N-]CC1.O.O=C(O)c1ccccc1C(O)O.O=C(O)c1ccccc1C(O)O.[Cu+2].[Cu+2].[Cu]. The Morgan fingerprint density at radius 3 is 1.00 bits per heavy atom. The van der Waals surface area contributed by atoms with E-state index >= 15 is 0 Å². The Morgan fingerprint density at radius 2 is 0.865 bits per heavy atom. The van der Waals surface area contributed by atoms with Crippen LogP contribution in [0.1, 0.15) is 102 Å². The zero-order chi connectivity index (χ0) is 35.2. The van der Waals surface area contributed by atoms with Crippen molar-refractivity contribution in [3.63, 3.8) is 0 Å². The van der Waals surface area contributed by atoms with Gasteiger partial charge in [0, 0.05) is 28.2 Å². The maximum Gasteiger partial charge on any atom is 2.00 e. The molecular formula is C36H54Cu3N4O9. The summed E-state index contributed by atoms with van der Waals surface area (Å²) in [7, 11) is 0. The first-order chi connectivity index (χ1) is 23.3. The van der Waals surface area contributed by atoms with Gasteiger partial charge in [-0.3, -0.25) is 0 Å². The Bertz CT molecular complexity index is 1060.